The molecule has 126 valence electrons. The summed E-state index contributed by atoms with van der Waals surface area (Å²) in [6, 6.07) is 1.96. The van der Waals surface area contributed by atoms with E-state index in [1.165, 1.54) is 11.3 Å². The fourth-order valence-electron chi connectivity index (χ4n) is 2.29. The van der Waals surface area contributed by atoms with Crippen molar-refractivity contribution in [2.75, 3.05) is 13.1 Å². The minimum absolute atomic E-state index is 0.0228. The van der Waals surface area contributed by atoms with Gasteiger partial charge in [0.15, 0.2) is 0 Å². The number of carbonyl (C=O) groups is 3. The average molecular weight is 338 g/mol. The van der Waals surface area contributed by atoms with Crippen LogP contribution in [-0.2, 0) is 9.59 Å². The van der Waals surface area contributed by atoms with E-state index in [0.717, 1.165) is 12.8 Å². The van der Waals surface area contributed by atoms with Crippen molar-refractivity contribution in [3.8, 4) is 0 Å². The summed E-state index contributed by atoms with van der Waals surface area (Å²) >= 11 is 1.46. The first kappa shape index (κ1) is 17.5. The van der Waals surface area contributed by atoms with Gasteiger partial charge in [-0.2, -0.15) is 11.3 Å². The highest BCUT2D eigenvalue weighted by Gasteiger charge is 2.33. The Hall–Kier alpha value is -1.89. The van der Waals surface area contributed by atoms with Gasteiger partial charge in [-0.1, -0.05) is 6.92 Å². The SMILES string of the molecule is CC(CN(C(=O)CCCNC(=O)c1ccsc1)C1CC1)C(=O)O. The molecule has 0 radical (unpaired) electrons. The van der Waals surface area contributed by atoms with Crippen molar-refractivity contribution < 1.29 is 19.5 Å². The highest BCUT2D eigenvalue weighted by atomic mass is 32.1. The zero-order valence-electron chi connectivity index (χ0n) is 13.2. The number of rotatable bonds is 9. The number of nitrogens with one attached hydrogen (secondary N) is 1. The van der Waals surface area contributed by atoms with Gasteiger partial charge in [0, 0.05) is 36.5 Å². The van der Waals surface area contributed by atoms with Crippen LogP contribution in [0, 0.1) is 5.92 Å². The maximum Gasteiger partial charge on any atom is 0.308 e. The zero-order chi connectivity index (χ0) is 16.8. The van der Waals surface area contributed by atoms with Crippen molar-refractivity contribution in [2.24, 2.45) is 5.92 Å². The normalized spacial score (nSPS) is 15.0. The number of hydrogen-bond acceptors (Lipinski definition) is 4. The average Bonchev–Trinajstić information content (AvgIpc) is 3.21. The van der Waals surface area contributed by atoms with E-state index in [2.05, 4.69) is 5.32 Å². The number of carbonyl (C=O) groups excluding carboxylic acids is 2. The number of aliphatic carboxylic acids is 1. The summed E-state index contributed by atoms with van der Waals surface area (Å²) in [5, 5.41) is 15.4. The van der Waals surface area contributed by atoms with Crippen molar-refractivity contribution in [1.29, 1.82) is 0 Å². The van der Waals surface area contributed by atoms with Crippen molar-refractivity contribution in [2.45, 2.75) is 38.6 Å². The largest absolute Gasteiger partial charge is 0.481 e. The highest BCUT2D eigenvalue weighted by Crippen LogP contribution is 2.28. The molecule has 2 rings (SSSR count). The summed E-state index contributed by atoms with van der Waals surface area (Å²) in [5.74, 6) is -1.59. The Morgan fingerprint density at radius 1 is 1.43 bits per heavy atom. The molecule has 0 aromatic carbocycles. The molecule has 1 aliphatic carbocycles. The molecule has 1 heterocycles. The van der Waals surface area contributed by atoms with Gasteiger partial charge in [0.1, 0.15) is 0 Å². The van der Waals surface area contributed by atoms with Crippen LogP contribution in [0.2, 0.25) is 0 Å². The molecule has 1 saturated carbocycles. The van der Waals surface area contributed by atoms with Gasteiger partial charge in [-0.05, 0) is 30.7 Å². The standard InChI is InChI=1S/C16H22N2O4S/c1-11(16(21)22)9-18(13-4-5-13)14(19)3-2-7-17-15(20)12-6-8-23-10-12/h6,8,10-11,13H,2-5,7,9H2,1H3,(H,17,20)(H,21,22). The molecular formula is C16H22N2O4S. The second kappa shape index (κ2) is 8.10. The van der Waals surface area contributed by atoms with Gasteiger partial charge in [0.05, 0.1) is 5.92 Å². The number of amides is 2. The quantitative estimate of drug-likeness (QED) is 0.674. The molecule has 0 aliphatic heterocycles. The Morgan fingerprint density at radius 3 is 2.74 bits per heavy atom. The molecule has 7 heteroatoms. The Balaban J connectivity index is 1.72. The first-order chi connectivity index (χ1) is 11.0. The van der Waals surface area contributed by atoms with E-state index in [1.807, 2.05) is 5.38 Å². The van der Waals surface area contributed by atoms with Crippen LogP contribution in [0.5, 0.6) is 0 Å². The number of carboxylic acid groups (broad SMARTS) is 1. The Kier molecular flexibility index (Phi) is 6.15. The molecule has 1 aromatic heterocycles. The topological polar surface area (TPSA) is 86.7 Å². The van der Waals surface area contributed by atoms with Gasteiger partial charge in [-0.25, -0.2) is 0 Å². The second-order valence-electron chi connectivity index (χ2n) is 5.89. The van der Waals surface area contributed by atoms with E-state index in [1.54, 1.807) is 23.3 Å². The fraction of sp³-hybridized carbons (Fsp3) is 0.562. The molecule has 1 fully saturated rings. The molecule has 0 spiro atoms. The molecule has 1 unspecified atom stereocenters. The fourth-order valence-corrected chi connectivity index (χ4v) is 2.93. The third-order valence-electron chi connectivity index (χ3n) is 3.84. The predicted octanol–water partition coefficient (Wildman–Crippen LogP) is 1.97. The van der Waals surface area contributed by atoms with Crippen LogP contribution >= 0.6 is 11.3 Å². The summed E-state index contributed by atoms with van der Waals surface area (Å²) < 4.78 is 0. The minimum Gasteiger partial charge on any atom is -0.481 e. The molecule has 2 N–H and O–H groups in total. The lowest BCUT2D eigenvalue weighted by atomic mass is 10.1. The predicted molar refractivity (Wildman–Crippen MR) is 87.4 cm³/mol. The maximum atomic E-state index is 12.3. The summed E-state index contributed by atoms with van der Waals surface area (Å²) in [6.07, 6.45) is 2.78. The monoisotopic (exact) mass is 338 g/mol. The number of thiophene rings is 1. The van der Waals surface area contributed by atoms with Crippen molar-refractivity contribution in [3.05, 3.63) is 22.4 Å². The zero-order valence-corrected chi connectivity index (χ0v) is 14.0. The van der Waals surface area contributed by atoms with E-state index in [-0.39, 0.29) is 24.4 Å². The Labute approximate surface area is 139 Å². The van der Waals surface area contributed by atoms with E-state index in [9.17, 15) is 14.4 Å². The Bertz CT molecular complexity index is 554. The lowest BCUT2D eigenvalue weighted by molar-refractivity contribution is -0.143. The molecule has 23 heavy (non-hydrogen) atoms. The number of hydrogen-bond donors (Lipinski definition) is 2. The maximum absolute atomic E-state index is 12.3. The Morgan fingerprint density at radius 2 is 2.17 bits per heavy atom. The number of nitrogens with zero attached hydrogens (tertiary/aromatic N) is 1. The molecule has 2 amide bonds. The second-order valence-corrected chi connectivity index (χ2v) is 6.67. The van der Waals surface area contributed by atoms with Gasteiger partial charge >= 0.3 is 5.97 Å². The van der Waals surface area contributed by atoms with Crippen LogP contribution in [0.4, 0.5) is 0 Å². The van der Waals surface area contributed by atoms with E-state index < -0.39 is 11.9 Å². The summed E-state index contributed by atoms with van der Waals surface area (Å²) in [4.78, 5) is 36.7. The van der Waals surface area contributed by atoms with Crippen molar-refractivity contribution in [1.82, 2.24) is 10.2 Å². The lowest BCUT2D eigenvalue weighted by Crippen LogP contribution is -2.38. The smallest absolute Gasteiger partial charge is 0.308 e. The third-order valence-corrected chi connectivity index (χ3v) is 4.52. The first-order valence-corrected chi connectivity index (χ1v) is 8.76. The van der Waals surface area contributed by atoms with Gasteiger partial charge in [0.2, 0.25) is 5.91 Å². The highest BCUT2D eigenvalue weighted by molar-refractivity contribution is 7.08. The van der Waals surface area contributed by atoms with Crippen molar-refractivity contribution >= 4 is 29.1 Å². The van der Waals surface area contributed by atoms with Crippen LogP contribution in [0.1, 0.15) is 43.0 Å². The molecule has 0 bridgehead atoms. The van der Waals surface area contributed by atoms with E-state index >= 15 is 0 Å². The molecule has 1 atom stereocenters. The van der Waals surface area contributed by atoms with Crippen LogP contribution in [0.15, 0.2) is 16.8 Å². The van der Waals surface area contributed by atoms with Gasteiger partial charge < -0.3 is 15.3 Å². The number of carboxylic acids is 1. The molecule has 1 aliphatic rings. The van der Waals surface area contributed by atoms with Gasteiger partial charge in [-0.15, -0.1) is 0 Å². The summed E-state index contributed by atoms with van der Waals surface area (Å²) in [6.45, 7) is 2.32. The molecular weight excluding hydrogens is 316 g/mol. The van der Waals surface area contributed by atoms with Crippen LogP contribution < -0.4 is 5.32 Å². The van der Waals surface area contributed by atoms with Crippen LogP contribution in [-0.4, -0.2) is 46.9 Å². The minimum atomic E-state index is -0.883. The summed E-state index contributed by atoms with van der Waals surface area (Å²) in [5.41, 5.74) is 0.635. The van der Waals surface area contributed by atoms with Gasteiger partial charge in [0.25, 0.3) is 5.91 Å². The summed E-state index contributed by atoms with van der Waals surface area (Å²) in [7, 11) is 0. The van der Waals surface area contributed by atoms with Crippen LogP contribution in [0.25, 0.3) is 0 Å². The van der Waals surface area contributed by atoms with Crippen molar-refractivity contribution in [3.63, 3.8) is 0 Å². The molecule has 6 nitrogen and oxygen atoms in total. The van der Waals surface area contributed by atoms with E-state index in [0.29, 0.717) is 24.9 Å². The first-order valence-electron chi connectivity index (χ1n) is 7.81. The van der Waals surface area contributed by atoms with E-state index in [4.69, 9.17) is 5.11 Å². The lowest BCUT2D eigenvalue weighted by Gasteiger charge is -2.24. The van der Waals surface area contributed by atoms with Crippen LogP contribution in [0.3, 0.4) is 0 Å². The molecule has 1 aromatic rings. The van der Waals surface area contributed by atoms with Gasteiger partial charge in [-0.3, -0.25) is 14.4 Å². The molecule has 0 saturated heterocycles. The third kappa shape index (κ3) is 5.35.